The van der Waals surface area contributed by atoms with Crippen LogP contribution in [0.25, 0.3) is 10.9 Å². The third-order valence-corrected chi connectivity index (χ3v) is 7.43. The minimum Gasteiger partial charge on any atom is -0.358 e. The molecule has 1 aromatic carbocycles. The number of fused-ring (bicyclic) bond motifs is 3. The molecular formula is C28H44ClN. The second-order valence-electron chi connectivity index (χ2n) is 9.68. The van der Waals surface area contributed by atoms with Gasteiger partial charge in [-0.3, -0.25) is 0 Å². The standard InChI is InChI=1S/C28H44ClN/c1-2-3-4-5-6-7-8-9-10-11-12-13-14-15-17-23-18-16-19-25-26-22-24(29)20-21-27(26)30-28(23)25/h20-23,30H,2-19H2,1H3. The van der Waals surface area contributed by atoms with Gasteiger partial charge in [-0.05, 0) is 55.4 Å². The Morgan fingerprint density at radius 3 is 2.07 bits per heavy atom. The molecule has 0 amide bonds. The Hall–Kier alpha value is -0.950. The highest BCUT2D eigenvalue weighted by Crippen LogP contribution is 2.39. The van der Waals surface area contributed by atoms with Gasteiger partial charge in [0.05, 0.1) is 0 Å². The van der Waals surface area contributed by atoms with Gasteiger partial charge in [-0.2, -0.15) is 0 Å². The minimum atomic E-state index is 0.734. The van der Waals surface area contributed by atoms with E-state index in [1.807, 2.05) is 6.07 Å². The first-order valence-corrected chi connectivity index (χ1v) is 13.5. The number of hydrogen-bond donors (Lipinski definition) is 1. The largest absolute Gasteiger partial charge is 0.358 e. The maximum absolute atomic E-state index is 6.24. The van der Waals surface area contributed by atoms with Gasteiger partial charge in [-0.15, -0.1) is 0 Å². The highest BCUT2D eigenvalue weighted by Gasteiger charge is 2.23. The van der Waals surface area contributed by atoms with Crippen LogP contribution in [0.5, 0.6) is 0 Å². The van der Waals surface area contributed by atoms with Crippen LogP contribution in [0.1, 0.15) is 133 Å². The molecule has 1 heterocycles. The van der Waals surface area contributed by atoms with Crippen molar-refractivity contribution in [1.29, 1.82) is 0 Å². The zero-order valence-electron chi connectivity index (χ0n) is 19.4. The predicted molar refractivity (Wildman–Crippen MR) is 134 cm³/mol. The molecule has 0 radical (unpaired) electrons. The van der Waals surface area contributed by atoms with Gasteiger partial charge in [0.2, 0.25) is 0 Å². The van der Waals surface area contributed by atoms with E-state index in [9.17, 15) is 0 Å². The lowest BCUT2D eigenvalue weighted by atomic mass is 9.83. The number of aromatic amines is 1. The number of benzene rings is 1. The molecule has 30 heavy (non-hydrogen) atoms. The molecule has 0 saturated carbocycles. The zero-order valence-corrected chi connectivity index (χ0v) is 20.2. The van der Waals surface area contributed by atoms with Crippen LogP contribution < -0.4 is 0 Å². The van der Waals surface area contributed by atoms with Crippen molar-refractivity contribution in [2.24, 2.45) is 0 Å². The van der Waals surface area contributed by atoms with Crippen LogP contribution in [-0.2, 0) is 6.42 Å². The van der Waals surface area contributed by atoms with Crippen LogP contribution in [0.15, 0.2) is 18.2 Å². The number of halogens is 1. The normalized spacial score (nSPS) is 16.3. The highest BCUT2D eigenvalue weighted by atomic mass is 35.5. The summed E-state index contributed by atoms with van der Waals surface area (Å²) in [5.41, 5.74) is 4.35. The summed E-state index contributed by atoms with van der Waals surface area (Å²) in [6, 6.07) is 6.31. The smallest absolute Gasteiger partial charge is 0.0460 e. The average Bonchev–Trinajstić information content (AvgIpc) is 3.12. The van der Waals surface area contributed by atoms with Crippen molar-refractivity contribution in [3.05, 3.63) is 34.5 Å². The lowest BCUT2D eigenvalue weighted by Gasteiger charge is -2.22. The van der Waals surface area contributed by atoms with Crippen LogP contribution in [0, 0.1) is 0 Å². The topological polar surface area (TPSA) is 15.8 Å². The van der Waals surface area contributed by atoms with E-state index in [0.29, 0.717) is 0 Å². The molecule has 0 bridgehead atoms. The molecule has 1 nitrogen and oxygen atoms in total. The van der Waals surface area contributed by atoms with Gasteiger partial charge in [0.15, 0.2) is 0 Å². The Balaban J connectivity index is 1.24. The lowest BCUT2D eigenvalue weighted by molar-refractivity contribution is 0.475. The van der Waals surface area contributed by atoms with E-state index < -0.39 is 0 Å². The van der Waals surface area contributed by atoms with Gasteiger partial charge >= 0.3 is 0 Å². The van der Waals surface area contributed by atoms with Crippen LogP contribution in [-0.4, -0.2) is 4.98 Å². The summed E-state index contributed by atoms with van der Waals surface area (Å²) < 4.78 is 0. The molecule has 0 saturated heterocycles. The summed E-state index contributed by atoms with van der Waals surface area (Å²) in [6.45, 7) is 2.30. The number of hydrogen-bond acceptors (Lipinski definition) is 0. The average molecular weight is 430 g/mol. The lowest BCUT2D eigenvalue weighted by Crippen LogP contribution is -2.09. The van der Waals surface area contributed by atoms with E-state index in [1.54, 1.807) is 5.56 Å². The Kier molecular flexibility index (Phi) is 10.6. The van der Waals surface area contributed by atoms with Crippen molar-refractivity contribution in [2.45, 2.75) is 128 Å². The molecule has 0 spiro atoms. The highest BCUT2D eigenvalue weighted by molar-refractivity contribution is 6.31. The van der Waals surface area contributed by atoms with E-state index in [-0.39, 0.29) is 0 Å². The second-order valence-corrected chi connectivity index (χ2v) is 10.1. The Morgan fingerprint density at radius 1 is 0.833 bits per heavy atom. The molecule has 3 rings (SSSR count). The number of nitrogens with one attached hydrogen (secondary N) is 1. The van der Waals surface area contributed by atoms with Gasteiger partial charge in [-0.25, -0.2) is 0 Å². The summed E-state index contributed by atoms with van der Waals surface area (Å²) in [7, 11) is 0. The molecule has 168 valence electrons. The van der Waals surface area contributed by atoms with E-state index in [4.69, 9.17) is 11.6 Å². The van der Waals surface area contributed by atoms with Crippen LogP contribution >= 0.6 is 11.6 Å². The number of unbranched alkanes of at least 4 members (excludes halogenated alkanes) is 13. The second kappa shape index (κ2) is 13.5. The van der Waals surface area contributed by atoms with Gasteiger partial charge in [0, 0.05) is 21.6 Å². The molecule has 1 unspecified atom stereocenters. The molecule has 1 aromatic heterocycles. The van der Waals surface area contributed by atoms with Crippen LogP contribution in [0.2, 0.25) is 5.02 Å². The Morgan fingerprint density at radius 2 is 1.43 bits per heavy atom. The first-order valence-electron chi connectivity index (χ1n) is 13.1. The molecule has 0 aliphatic heterocycles. The van der Waals surface area contributed by atoms with E-state index in [2.05, 4.69) is 24.0 Å². The third-order valence-electron chi connectivity index (χ3n) is 7.19. The fourth-order valence-corrected chi connectivity index (χ4v) is 5.57. The summed E-state index contributed by atoms with van der Waals surface area (Å²) in [5, 5.41) is 2.22. The van der Waals surface area contributed by atoms with E-state index in [1.165, 1.54) is 132 Å². The minimum absolute atomic E-state index is 0.734. The summed E-state index contributed by atoms with van der Waals surface area (Å²) >= 11 is 6.24. The first-order chi connectivity index (χ1) is 14.8. The van der Waals surface area contributed by atoms with Crippen LogP contribution in [0.4, 0.5) is 0 Å². The van der Waals surface area contributed by atoms with Crippen molar-refractivity contribution in [3.8, 4) is 0 Å². The molecule has 1 aliphatic rings. The summed E-state index contributed by atoms with van der Waals surface area (Å²) in [5.74, 6) is 0.734. The fourth-order valence-electron chi connectivity index (χ4n) is 5.40. The molecule has 1 aliphatic carbocycles. The third kappa shape index (κ3) is 7.33. The maximum atomic E-state index is 6.24. The van der Waals surface area contributed by atoms with Crippen LogP contribution in [0.3, 0.4) is 0 Å². The van der Waals surface area contributed by atoms with Crippen molar-refractivity contribution in [3.63, 3.8) is 0 Å². The van der Waals surface area contributed by atoms with Gasteiger partial charge in [0.1, 0.15) is 0 Å². The maximum Gasteiger partial charge on any atom is 0.0460 e. The monoisotopic (exact) mass is 429 g/mol. The number of aromatic nitrogens is 1. The molecular weight excluding hydrogens is 386 g/mol. The molecule has 2 heteroatoms. The molecule has 1 atom stereocenters. The van der Waals surface area contributed by atoms with Gasteiger partial charge < -0.3 is 4.98 Å². The quantitative estimate of drug-likeness (QED) is 0.271. The zero-order chi connectivity index (χ0) is 21.0. The first kappa shape index (κ1) is 23.7. The Labute approximate surface area is 190 Å². The summed E-state index contributed by atoms with van der Waals surface area (Å²) in [6.07, 6.45) is 25.4. The van der Waals surface area contributed by atoms with Crippen molar-refractivity contribution >= 4 is 22.5 Å². The SMILES string of the molecule is CCCCCCCCCCCCCCCCC1CCCc2c1[nH]c1ccc(Cl)cc21. The van der Waals surface area contributed by atoms with E-state index in [0.717, 1.165) is 10.9 Å². The molecule has 0 fully saturated rings. The fraction of sp³-hybridized carbons (Fsp3) is 0.714. The number of H-pyrrole nitrogens is 1. The number of aryl methyl sites for hydroxylation is 1. The van der Waals surface area contributed by atoms with Gasteiger partial charge in [0.25, 0.3) is 0 Å². The van der Waals surface area contributed by atoms with Crippen molar-refractivity contribution < 1.29 is 0 Å². The summed E-state index contributed by atoms with van der Waals surface area (Å²) in [4.78, 5) is 3.73. The van der Waals surface area contributed by atoms with E-state index >= 15 is 0 Å². The van der Waals surface area contributed by atoms with Gasteiger partial charge in [-0.1, -0.05) is 108 Å². The van der Waals surface area contributed by atoms with Crippen molar-refractivity contribution in [1.82, 2.24) is 4.98 Å². The molecule has 1 N–H and O–H groups in total. The molecule has 2 aromatic rings. The number of rotatable bonds is 15. The van der Waals surface area contributed by atoms with Crippen molar-refractivity contribution in [2.75, 3.05) is 0 Å². The predicted octanol–water partition coefficient (Wildman–Crippen LogP) is 10.1. The Bertz CT molecular complexity index is 732.